The highest BCUT2D eigenvalue weighted by Gasteiger charge is 2.23. The van der Waals surface area contributed by atoms with Gasteiger partial charge in [-0.25, -0.2) is 0 Å². The van der Waals surface area contributed by atoms with Gasteiger partial charge in [-0.1, -0.05) is 44.4 Å². The van der Waals surface area contributed by atoms with E-state index in [-0.39, 0.29) is 8.58 Å². The van der Waals surface area contributed by atoms with Crippen LogP contribution in [-0.4, -0.2) is 21.8 Å². The van der Waals surface area contributed by atoms with Gasteiger partial charge in [0, 0.05) is 55.8 Å². The lowest BCUT2D eigenvalue weighted by Crippen LogP contribution is -2.13. The van der Waals surface area contributed by atoms with Crippen LogP contribution in [0.5, 0.6) is 0 Å². The Morgan fingerprint density at radius 1 is 1.24 bits per heavy atom. The quantitative estimate of drug-likeness (QED) is 0.427. The van der Waals surface area contributed by atoms with E-state index in [1.165, 1.54) is 59.9 Å². The molecule has 0 spiro atoms. The van der Waals surface area contributed by atoms with Gasteiger partial charge in [0.1, 0.15) is 0 Å². The Kier molecular flexibility index (Phi) is 6.61. The van der Waals surface area contributed by atoms with Crippen molar-refractivity contribution < 1.29 is 0 Å². The second kappa shape index (κ2) is 9.78. The third-order valence-corrected chi connectivity index (χ3v) is 8.33. The van der Waals surface area contributed by atoms with Crippen molar-refractivity contribution in [3.05, 3.63) is 58.7 Å². The van der Waals surface area contributed by atoms with Crippen LogP contribution in [0.3, 0.4) is 0 Å². The molecule has 2 aromatic rings. The summed E-state index contributed by atoms with van der Waals surface area (Å²) in [6.07, 6.45) is 19.9. The largest absolute Gasteiger partial charge is 0.346 e. The van der Waals surface area contributed by atoms with E-state index in [4.69, 9.17) is 15.2 Å². The van der Waals surface area contributed by atoms with Crippen LogP contribution in [0.4, 0.5) is 0 Å². The molecule has 1 aliphatic heterocycles. The molecule has 0 saturated heterocycles. The lowest BCUT2D eigenvalue weighted by molar-refractivity contribution is 0.322. The van der Waals surface area contributed by atoms with Crippen molar-refractivity contribution in [1.29, 1.82) is 5.26 Å². The predicted molar refractivity (Wildman–Crippen MR) is 140 cm³/mol. The summed E-state index contributed by atoms with van der Waals surface area (Å²) in [7, 11) is 0.239. The first-order valence-corrected chi connectivity index (χ1v) is 13.4. The fourth-order valence-electron chi connectivity index (χ4n) is 5.74. The number of fused-ring (bicyclic) bond motifs is 1. The van der Waals surface area contributed by atoms with E-state index >= 15 is 0 Å². The van der Waals surface area contributed by atoms with Crippen molar-refractivity contribution in [1.82, 2.24) is 9.55 Å². The molecule has 3 heterocycles. The second-order valence-corrected chi connectivity index (χ2v) is 10.7. The number of hydrogen-bond acceptors (Lipinski definition) is 3. The van der Waals surface area contributed by atoms with Gasteiger partial charge in [-0.15, -0.1) is 0 Å². The lowest BCUT2D eigenvalue weighted by atomic mass is 9.89. The van der Waals surface area contributed by atoms with Crippen LogP contribution >= 0.6 is 8.58 Å². The third kappa shape index (κ3) is 4.49. The molecular weight excluding hydrogens is 423 g/mol. The Balaban J connectivity index is 1.55. The maximum atomic E-state index is 9.04. The summed E-state index contributed by atoms with van der Waals surface area (Å²) in [5.41, 5.74) is 8.80. The summed E-state index contributed by atoms with van der Waals surface area (Å²) >= 11 is 0. The average Bonchev–Trinajstić information content (AvgIpc) is 3.40. The Morgan fingerprint density at radius 2 is 2.09 bits per heavy atom. The molecule has 2 aliphatic carbocycles. The minimum absolute atomic E-state index is 0.239. The number of rotatable bonds is 6. The Hall–Kier alpha value is -2.50. The van der Waals surface area contributed by atoms with Crippen molar-refractivity contribution in [3.63, 3.8) is 0 Å². The zero-order valence-electron chi connectivity index (χ0n) is 19.8. The fourth-order valence-corrected chi connectivity index (χ4v) is 6.27. The molecule has 0 aromatic carbocycles. The molecule has 4 nitrogen and oxygen atoms in total. The summed E-state index contributed by atoms with van der Waals surface area (Å²) in [4.78, 5) is 9.77. The highest BCUT2D eigenvalue weighted by Crippen LogP contribution is 2.38. The topological polar surface area (TPSA) is 54.0 Å². The number of hydrogen-bond donors (Lipinski definition) is 0. The van der Waals surface area contributed by atoms with E-state index in [9.17, 15) is 0 Å². The second-order valence-electron chi connectivity index (χ2n) is 9.66. The molecule has 2 atom stereocenters. The highest BCUT2D eigenvalue weighted by atomic mass is 31.1. The molecule has 1 saturated carbocycles. The van der Waals surface area contributed by atoms with Crippen LogP contribution in [0.2, 0.25) is 0 Å². The third-order valence-electron chi connectivity index (χ3n) is 7.56. The SMILES string of the molecule is CCC1=C(c2cnc3c(C4C=CC(PC#N)=CC4)cn(CC4CCCCC4)c3c2)C(C)=NC1. The number of aromatic nitrogens is 2. The molecule has 1 fully saturated rings. The van der Waals surface area contributed by atoms with E-state index in [0.29, 0.717) is 5.92 Å². The van der Waals surface area contributed by atoms with Crippen LogP contribution < -0.4 is 0 Å². The molecule has 0 amide bonds. The van der Waals surface area contributed by atoms with Crippen molar-refractivity contribution in [2.24, 2.45) is 10.9 Å². The first-order valence-electron chi connectivity index (χ1n) is 12.4. The van der Waals surface area contributed by atoms with E-state index in [0.717, 1.165) is 48.4 Å². The first kappa shape index (κ1) is 22.3. The highest BCUT2D eigenvalue weighted by molar-refractivity contribution is 7.48. The zero-order valence-corrected chi connectivity index (χ0v) is 20.8. The number of pyridine rings is 1. The molecule has 2 aromatic heterocycles. The minimum atomic E-state index is 0.239. The Bertz CT molecular complexity index is 1210. The van der Waals surface area contributed by atoms with Crippen molar-refractivity contribution in [3.8, 4) is 5.81 Å². The maximum absolute atomic E-state index is 9.04. The van der Waals surface area contributed by atoms with Crippen molar-refractivity contribution in [2.45, 2.75) is 71.3 Å². The normalized spacial score (nSPS) is 21.8. The molecule has 170 valence electrons. The summed E-state index contributed by atoms with van der Waals surface area (Å²) in [6.45, 7) is 6.27. The average molecular weight is 457 g/mol. The standard InChI is InChI=1S/C28H33N4P/c1-3-21-14-30-19(2)27(21)23-13-26-28(31-15-23)25(22-9-11-24(12-10-22)33-18-29)17-32(26)16-20-7-5-4-6-8-20/h9,11-13,15,17,20,22,33H,3-8,10,14,16H2,1-2H3. The smallest absolute Gasteiger partial charge is 0.0919 e. The van der Waals surface area contributed by atoms with Gasteiger partial charge in [0.25, 0.3) is 0 Å². The number of aliphatic imine (C=N–C) groups is 1. The Morgan fingerprint density at radius 3 is 2.82 bits per heavy atom. The van der Waals surface area contributed by atoms with E-state index < -0.39 is 0 Å². The van der Waals surface area contributed by atoms with Gasteiger partial charge in [-0.3, -0.25) is 9.98 Å². The molecule has 33 heavy (non-hydrogen) atoms. The summed E-state index contributed by atoms with van der Waals surface area (Å²) < 4.78 is 2.49. The molecule has 0 N–H and O–H groups in total. The molecule has 0 bridgehead atoms. The van der Waals surface area contributed by atoms with Crippen LogP contribution in [0, 0.1) is 17.0 Å². The summed E-state index contributed by atoms with van der Waals surface area (Å²) in [5, 5.41) is 10.2. The zero-order chi connectivity index (χ0) is 22.8. The summed E-state index contributed by atoms with van der Waals surface area (Å²) in [5.74, 6) is 3.38. The van der Waals surface area contributed by atoms with Gasteiger partial charge in [0.15, 0.2) is 0 Å². The molecular formula is C28H33N4P. The van der Waals surface area contributed by atoms with E-state index in [1.807, 2.05) is 0 Å². The molecule has 0 radical (unpaired) electrons. The number of allylic oxidation sites excluding steroid dienone is 5. The fraction of sp³-hybridized carbons (Fsp3) is 0.464. The van der Waals surface area contributed by atoms with Crippen molar-refractivity contribution in [2.75, 3.05) is 6.54 Å². The van der Waals surface area contributed by atoms with E-state index in [2.05, 4.69) is 60.9 Å². The van der Waals surface area contributed by atoms with Crippen LogP contribution in [-0.2, 0) is 6.54 Å². The first-order chi connectivity index (χ1) is 16.2. The monoisotopic (exact) mass is 456 g/mol. The lowest BCUT2D eigenvalue weighted by Gasteiger charge is -2.22. The Labute approximate surface area is 199 Å². The van der Waals surface area contributed by atoms with E-state index in [1.54, 1.807) is 0 Å². The van der Waals surface area contributed by atoms with Crippen molar-refractivity contribution >= 4 is 30.9 Å². The van der Waals surface area contributed by atoms with Gasteiger partial charge < -0.3 is 4.57 Å². The van der Waals surface area contributed by atoms with Crippen LogP contribution in [0.15, 0.2) is 52.6 Å². The van der Waals surface area contributed by atoms with Gasteiger partial charge >= 0.3 is 0 Å². The predicted octanol–water partition coefficient (Wildman–Crippen LogP) is 7.34. The molecule has 5 heteroatoms. The maximum Gasteiger partial charge on any atom is 0.0919 e. The number of nitriles is 1. The minimum Gasteiger partial charge on any atom is -0.346 e. The molecule has 2 unspecified atom stereocenters. The number of nitrogens with zero attached hydrogens (tertiary/aromatic N) is 4. The van der Waals surface area contributed by atoms with Gasteiger partial charge in [0.05, 0.1) is 23.4 Å². The molecule has 5 rings (SSSR count). The summed E-state index contributed by atoms with van der Waals surface area (Å²) in [6, 6.07) is 2.37. The van der Waals surface area contributed by atoms with Crippen LogP contribution in [0.25, 0.3) is 16.6 Å². The molecule has 3 aliphatic rings. The van der Waals surface area contributed by atoms with Gasteiger partial charge in [-0.2, -0.15) is 5.26 Å². The van der Waals surface area contributed by atoms with Crippen LogP contribution in [0.1, 0.15) is 75.8 Å². The van der Waals surface area contributed by atoms with Gasteiger partial charge in [0.2, 0.25) is 0 Å². The van der Waals surface area contributed by atoms with Gasteiger partial charge in [-0.05, 0) is 55.5 Å².